The van der Waals surface area contributed by atoms with E-state index in [2.05, 4.69) is 61.5 Å². The highest BCUT2D eigenvalue weighted by Gasteiger charge is 2.19. The predicted molar refractivity (Wildman–Crippen MR) is 116 cm³/mol. The Kier molecular flexibility index (Phi) is 5.74. The van der Waals surface area contributed by atoms with Crippen LogP contribution in [-0.4, -0.2) is 48.5 Å². The SMILES string of the molecule is COc1ccccc1CNc1nncc(N2CCN(c3cccc(C)c3)CC2)n1. The number of hydrogen-bond acceptors (Lipinski definition) is 7. The van der Waals surface area contributed by atoms with Crippen LogP contribution in [0.1, 0.15) is 11.1 Å². The summed E-state index contributed by atoms with van der Waals surface area (Å²) in [5.74, 6) is 2.22. The van der Waals surface area contributed by atoms with Crippen molar-refractivity contribution in [3.8, 4) is 5.75 Å². The van der Waals surface area contributed by atoms with Crippen LogP contribution in [0.2, 0.25) is 0 Å². The van der Waals surface area contributed by atoms with Crippen LogP contribution < -0.4 is 19.9 Å². The van der Waals surface area contributed by atoms with Crippen molar-refractivity contribution in [2.45, 2.75) is 13.5 Å². The standard InChI is InChI=1S/C22H26N6O/c1-17-6-5-8-19(14-17)27-10-12-28(13-11-27)21-16-24-26-22(25-21)23-15-18-7-3-4-9-20(18)29-2/h3-9,14,16H,10-13,15H2,1-2H3,(H,23,25,26). The summed E-state index contributed by atoms with van der Waals surface area (Å²) in [6.45, 7) is 6.42. The molecule has 1 N–H and O–H groups in total. The van der Waals surface area contributed by atoms with Gasteiger partial charge in [-0.2, -0.15) is 10.1 Å². The molecule has 2 heterocycles. The number of piperazine rings is 1. The Morgan fingerprint density at radius 1 is 1.00 bits per heavy atom. The van der Waals surface area contributed by atoms with Crippen molar-refractivity contribution >= 4 is 17.5 Å². The lowest BCUT2D eigenvalue weighted by Gasteiger charge is -2.36. The number of nitrogens with one attached hydrogen (secondary N) is 1. The Labute approximate surface area is 171 Å². The van der Waals surface area contributed by atoms with Crippen molar-refractivity contribution in [2.75, 3.05) is 48.4 Å². The molecular weight excluding hydrogens is 364 g/mol. The Morgan fingerprint density at radius 2 is 1.79 bits per heavy atom. The summed E-state index contributed by atoms with van der Waals surface area (Å²) in [5, 5.41) is 11.5. The minimum absolute atomic E-state index is 0.523. The van der Waals surface area contributed by atoms with E-state index < -0.39 is 0 Å². The highest BCUT2D eigenvalue weighted by Crippen LogP contribution is 2.21. The molecule has 1 saturated heterocycles. The first kappa shape index (κ1) is 19.0. The van der Waals surface area contributed by atoms with E-state index in [1.165, 1.54) is 11.3 Å². The fourth-order valence-corrected chi connectivity index (χ4v) is 3.56. The van der Waals surface area contributed by atoms with Gasteiger partial charge in [-0.3, -0.25) is 0 Å². The molecule has 0 amide bonds. The number of nitrogens with zero attached hydrogens (tertiary/aromatic N) is 5. The molecule has 7 nitrogen and oxygen atoms in total. The number of para-hydroxylation sites is 1. The minimum atomic E-state index is 0.523. The van der Waals surface area contributed by atoms with Crippen LogP contribution in [0.4, 0.5) is 17.5 Å². The predicted octanol–water partition coefficient (Wildman–Crippen LogP) is 3.13. The fourth-order valence-electron chi connectivity index (χ4n) is 3.56. The van der Waals surface area contributed by atoms with Crippen LogP contribution in [0, 0.1) is 6.92 Å². The summed E-state index contributed by atoms with van der Waals surface area (Å²) in [7, 11) is 1.67. The van der Waals surface area contributed by atoms with Crippen molar-refractivity contribution in [1.82, 2.24) is 15.2 Å². The maximum atomic E-state index is 5.40. The number of ether oxygens (including phenoxy) is 1. The summed E-state index contributed by atoms with van der Waals surface area (Å²) in [4.78, 5) is 9.34. The van der Waals surface area contributed by atoms with Gasteiger partial charge in [-0.1, -0.05) is 30.3 Å². The first-order chi connectivity index (χ1) is 14.2. The Balaban J connectivity index is 1.38. The molecule has 0 spiro atoms. The lowest BCUT2D eigenvalue weighted by molar-refractivity contribution is 0.410. The summed E-state index contributed by atoms with van der Waals surface area (Å²) in [6, 6.07) is 16.6. The molecule has 0 bridgehead atoms. The van der Waals surface area contributed by atoms with E-state index in [0.29, 0.717) is 12.5 Å². The number of benzene rings is 2. The van der Waals surface area contributed by atoms with Crippen LogP contribution in [0.15, 0.2) is 54.7 Å². The molecule has 0 radical (unpaired) electrons. The van der Waals surface area contributed by atoms with Gasteiger partial charge >= 0.3 is 0 Å². The fraction of sp³-hybridized carbons (Fsp3) is 0.318. The molecule has 2 aromatic carbocycles. The van der Waals surface area contributed by atoms with Gasteiger partial charge in [-0.15, -0.1) is 5.10 Å². The maximum Gasteiger partial charge on any atom is 0.244 e. The number of aryl methyl sites for hydroxylation is 1. The third kappa shape index (κ3) is 4.56. The van der Waals surface area contributed by atoms with Crippen LogP contribution in [0.5, 0.6) is 5.75 Å². The maximum absolute atomic E-state index is 5.40. The molecule has 1 aliphatic rings. The van der Waals surface area contributed by atoms with Gasteiger partial charge in [0.15, 0.2) is 5.82 Å². The number of hydrogen-bond donors (Lipinski definition) is 1. The summed E-state index contributed by atoms with van der Waals surface area (Å²) in [6.07, 6.45) is 1.73. The second-order valence-electron chi connectivity index (χ2n) is 7.12. The monoisotopic (exact) mass is 390 g/mol. The summed E-state index contributed by atoms with van der Waals surface area (Å²) >= 11 is 0. The number of aromatic nitrogens is 3. The topological polar surface area (TPSA) is 66.4 Å². The molecule has 1 aliphatic heterocycles. The summed E-state index contributed by atoms with van der Waals surface area (Å²) < 4.78 is 5.40. The van der Waals surface area contributed by atoms with Gasteiger partial charge in [0, 0.05) is 44.0 Å². The molecule has 4 rings (SSSR count). The third-order valence-electron chi connectivity index (χ3n) is 5.15. The van der Waals surface area contributed by atoms with Gasteiger partial charge in [-0.25, -0.2) is 0 Å². The second-order valence-corrected chi connectivity index (χ2v) is 7.12. The zero-order valence-corrected chi connectivity index (χ0v) is 16.9. The van der Waals surface area contributed by atoms with Gasteiger partial charge in [0.2, 0.25) is 5.95 Å². The second kappa shape index (κ2) is 8.77. The summed E-state index contributed by atoms with van der Waals surface area (Å²) in [5.41, 5.74) is 3.62. The van der Waals surface area contributed by atoms with Crippen LogP contribution in [0.3, 0.4) is 0 Å². The lowest BCUT2D eigenvalue weighted by atomic mass is 10.2. The van der Waals surface area contributed by atoms with Gasteiger partial charge < -0.3 is 19.9 Å². The van der Waals surface area contributed by atoms with E-state index in [-0.39, 0.29) is 0 Å². The number of anilines is 3. The zero-order valence-electron chi connectivity index (χ0n) is 16.9. The van der Waals surface area contributed by atoms with E-state index in [9.17, 15) is 0 Å². The number of methoxy groups -OCH3 is 1. The van der Waals surface area contributed by atoms with Crippen molar-refractivity contribution in [2.24, 2.45) is 0 Å². The largest absolute Gasteiger partial charge is 0.496 e. The van der Waals surface area contributed by atoms with Crippen molar-refractivity contribution in [3.05, 3.63) is 65.9 Å². The van der Waals surface area contributed by atoms with Crippen molar-refractivity contribution < 1.29 is 4.74 Å². The normalized spacial score (nSPS) is 14.0. The molecule has 1 aromatic heterocycles. The van der Waals surface area contributed by atoms with Crippen LogP contribution in [0.25, 0.3) is 0 Å². The van der Waals surface area contributed by atoms with E-state index in [1.54, 1.807) is 13.3 Å². The average Bonchev–Trinajstić information content (AvgIpc) is 2.78. The van der Waals surface area contributed by atoms with Crippen LogP contribution >= 0.6 is 0 Å². The molecule has 29 heavy (non-hydrogen) atoms. The quantitative estimate of drug-likeness (QED) is 0.694. The Morgan fingerprint density at radius 3 is 2.59 bits per heavy atom. The molecule has 0 unspecified atom stereocenters. The molecule has 3 aromatic rings. The van der Waals surface area contributed by atoms with Gasteiger partial charge in [0.1, 0.15) is 5.75 Å². The zero-order chi connectivity index (χ0) is 20.1. The molecule has 7 heteroatoms. The van der Waals surface area contributed by atoms with Gasteiger partial charge in [-0.05, 0) is 30.7 Å². The van der Waals surface area contributed by atoms with Crippen molar-refractivity contribution in [1.29, 1.82) is 0 Å². The highest BCUT2D eigenvalue weighted by atomic mass is 16.5. The smallest absolute Gasteiger partial charge is 0.244 e. The first-order valence-electron chi connectivity index (χ1n) is 9.85. The average molecular weight is 390 g/mol. The Bertz CT molecular complexity index is 955. The molecule has 1 fully saturated rings. The Hall–Kier alpha value is -3.35. The molecule has 150 valence electrons. The van der Waals surface area contributed by atoms with E-state index in [0.717, 1.165) is 43.3 Å². The number of rotatable bonds is 6. The van der Waals surface area contributed by atoms with Gasteiger partial charge in [0.05, 0.1) is 13.3 Å². The van der Waals surface area contributed by atoms with Crippen LogP contribution in [-0.2, 0) is 6.54 Å². The highest BCUT2D eigenvalue weighted by molar-refractivity contribution is 5.51. The molecular formula is C22H26N6O. The lowest BCUT2D eigenvalue weighted by Crippen LogP contribution is -2.47. The van der Waals surface area contributed by atoms with E-state index >= 15 is 0 Å². The third-order valence-corrected chi connectivity index (χ3v) is 5.15. The minimum Gasteiger partial charge on any atom is -0.496 e. The van der Waals surface area contributed by atoms with E-state index in [4.69, 9.17) is 4.74 Å². The van der Waals surface area contributed by atoms with Gasteiger partial charge in [0.25, 0.3) is 0 Å². The first-order valence-corrected chi connectivity index (χ1v) is 9.85. The molecule has 0 saturated carbocycles. The molecule has 0 aliphatic carbocycles. The van der Waals surface area contributed by atoms with Crippen molar-refractivity contribution in [3.63, 3.8) is 0 Å². The van der Waals surface area contributed by atoms with E-state index in [1.807, 2.05) is 24.3 Å². The molecule has 0 atom stereocenters.